The number of rotatable bonds is 8. The number of aromatic nitrogens is 1. The van der Waals surface area contributed by atoms with Gasteiger partial charge in [-0.25, -0.2) is 17.2 Å². The Kier molecular flexibility index (Phi) is 6.57. The average Bonchev–Trinajstić information content (AvgIpc) is 3.18. The van der Waals surface area contributed by atoms with E-state index >= 15 is 0 Å². The van der Waals surface area contributed by atoms with E-state index in [1.54, 1.807) is 4.72 Å². The molecule has 33 heavy (non-hydrogen) atoms. The van der Waals surface area contributed by atoms with Crippen molar-refractivity contribution in [2.75, 3.05) is 11.0 Å². The molecular formula is C19H16F2N4O7S. The number of hydrogen-bond acceptors (Lipinski definition) is 8. The number of oxazole rings is 1. The fourth-order valence-corrected chi connectivity index (χ4v) is 3.22. The largest absolute Gasteiger partial charge is 0.416 e. The molecule has 1 amide bonds. The van der Waals surface area contributed by atoms with E-state index in [9.17, 15) is 32.1 Å². The van der Waals surface area contributed by atoms with Crippen LogP contribution in [0.4, 0.5) is 20.2 Å². The van der Waals surface area contributed by atoms with Gasteiger partial charge in [-0.15, -0.1) is 0 Å². The third-order valence-electron chi connectivity index (χ3n) is 4.15. The molecule has 2 aromatic carbocycles. The minimum atomic E-state index is -3.90. The van der Waals surface area contributed by atoms with E-state index < -0.39 is 44.2 Å². The van der Waals surface area contributed by atoms with Crippen LogP contribution in [0.2, 0.25) is 0 Å². The zero-order valence-electron chi connectivity index (χ0n) is 17.0. The lowest BCUT2D eigenvalue weighted by atomic mass is 10.1. The standard InChI is InChI=1S/C19H16F2N4O7S/c1-10(11-6-14(20)17(15(21)7-11)24-33(2,29)30)22-18(26)16-9-31-19(23-16)32-13-5-3-4-12(8-13)25(27)28/h3-10,24H,1-2H3,(H,22,26). The second-order valence-corrected chi connectivity index (χ2v) is 8.53. The molecule has 11 nitrogen and oxygen atoms in total. The highest BCUT2D eigenvalue weighted by Gasteiger charge is 2.21. The maximum absolute atomic E-state index is 14.2. The number of nitrogens with zero attached hydrogens (tertiary/aromatic N) is 2. The highest BCUT2D eigenvalue weighted by molar-refractivity contribution is 7.92. The topological polar surface area (TPSA) is 154 Å². The number of nitrogens with one attached hydrogen (secondary N) is 2. The van der Waals surface area contributed by atoms with E-state index in [1.807, 2.05) is 0 Å². The number of carbonyl (C=O) groups is 1. The van der Waals surface area contributed by atoms with Crippen molar-refractivity contribution in [2.24, 2.45) is 0 Å². The third-order valence-corrected chi connectivity index (χ3v) is 4.72. The molecule has 2 N–H and O–H groups in total. The molecule has 174 valence electrons. The Morgan fingerprint density at radius 1 is 1.24 bits per heavy atom. The van der Waals surface area contributed by atoms with E-state index in [0.717, 1.165) is 30.7 Å². The highest BCUT2D eigenvalue weighted by Crippen LogP contribution is 2.26. The number of ether oxygens (including phenoxy) is 1. The second kappa shape index (κ2) is 9.20. The SMILES string of the molecule is CC(NC(=O)c1coc(Oc2cccc([N+](=O)[O-])c2)n1)c1cc(F)c(NS(C)(=O)=O)c(F)c1. The Labute approximate surface area is 185 Å². The number of benzene rings is 2. The van der Waals surface area contributed by atoms with Crippen LogP contribution in [0.5, 0.6) is 11.8 Å². The lowest BCUT2D eigenvalue weighted by Gasteiger charge is -2.15. The lowest BCUT2D eigenvalue weighted by molar-refractivity contribution is -0.384. The van der Waals surface area contributed by atoms with E-state index in [4.69, 9.17) is 9.15 Å². The monoisotopic (exact) mass is 482 g/mol. The highest BCUT2D eigenvalue weighted by atomic mass is 32.2. The maximum Gasteiger partial charge on any atom is 0.399 e. The number of carbonyl (C=O) groups excluding carboxylic acids is 1. The summed E-state index contributed by atoms with van der Waals surface area (Å²) in [6, 6.07) is 6.06. The third kappa shape index (κ3) is 6.00. The first-order valence-electron chi connectivity index (χ1n) is 9.08. The first-order chi connectivity index (χ1) is 15.4. The Hall–Kier alpha value is -4.07. The molecule has 3 aromatic rings. The van der Waals surface area contributed by atoms with Crippen LogP contribution >= 0.6 is 0 Å². The zero-order valence-corrected chi connectivity index (χ0v) is 17.9. The van der Waals surface area contributed by atoms with Crippen LogP contribution in [0.3, 0.4) is 0 Å². The van der Waals surface area contributed by atoms with E-state index in [-0.39, 0.29) is 28.8 Å². The summed E-state index contributed by atoms with van der Waals surface area (Å²) in [5.74, 6) is -3.03. The summed E-state index contributed by atoms with van der Waals surface area (Å²) in [6.07, 6.45) is 1.36. The van der Waals surface area contributed by atoms with Gasteiger partial charge in [0.25, 0.3) is 11.6 Å². The van der Waals surface area contributed by atoms with Crippen molar-refractivity contribution in [3.8, 4) is 11.8 Å². The van der Waals surface area contributed by atoms with Gasteiger partial charge >= 0.3 is 6.08 Å². The number of halogens is 2. The molecule has 3 rings (SSSR count). The van der Waals surface area contributed by atoms with Crippen LogP contribution in [0.1, 0.15) is 29.0 Å². The molecule has 1 aromatic heterocycles. The molecular weight excluding hydrogens is 466 g/mol. The zero-order chi connectivity index (χ0) is 24.3. The molecule has 1 atom stereocenters. The molecule has 0 fully saturated rings. The minimum Gasteiger partial charge on any atom is -0.416 e. The predicted octanol–water partition coefficient (Wildman–Crippen LogP) is 3.52. The first-order valence-corrected chi connectivity index (χ1v) is 11.0. The smallest absolute Gasteiger partial charge is 0.399 e. The van der Waals surface area contributed by atoms with Gasteiger partial charge in [0.1, 0.15) is 17.7 Å². The maximum atomic E-state index is 14.2. The fourth-order valence-electron chi connectivity index (χ4n) is 2.65. The van der Waals surface area contributed by atoms with Gasteiger partial charge in [-0.05, 0) is 30.7 Å². The lowest BCUT2D eigenvalue weighted by Crippen LogP contribution is -2.27. The Bertz CT molecular complexity index is 1300. The molecule has 14 heteroatoms. The number of amides is 1. The van der Waals surface area contributed by atoms with Gasteiger partial charge in [0, 0.05) is 6.07 Å². The van der Waals surface area contributed by atoms with E-state index in [1.165, 1.54) is 25.1 Å². The molecule has 0 saturated heterocycles. The van der Waals surface area contributed by atoms with Gasteiger partial charge in [-0.3, -0.25) is 19.6 Å². The second-order valence-electron chi connectivity index (χ2n) is 6.78. The van der Waals surface area contributed by atoms with Gasteiger partial charge in [-0.1, -0.05) is 6.07 Å². The molecule has 1 heterocycles. The molecule has 1 unspecified atom stereocenters. The summed E-state index contributed by atoms with van der Waals surface area (Å²) in [6.45, 7) is 1.44. The molecule has 0 aliphatic carbocycles. The number of nitro groups is 1. The first kappa shape index (κ1) is 23.6. The van der Waals surface area contributed by atoms with Crippen LogP contribution in [0, 0.1) is 21.7 Å². The van der Waals surface area contributed by atoms with Gasteiger partial charge in [-0.2, -0.15) is 4.98 Å². The number of sulfonamides is 1. The van der Waals surface area contributed by atoms with E-state index in [0.29, 0.717) is 0 Å². The Balaban J connectivity index is 1.70. The van der Waals surface area contributed by atoms with Crippen LogP contribution in [0.25, 0.3) is 0 Å². The summed E-state index contributed by atoms with van der Waals surface area (Å²) >= 11 is 0. The average molecular weight is 482 g/mol. The van der Waals surface area contributed by atoms with Crippen LogP contribution < -0.4 is 14.8 Å². The number of nitro benzene ring substituents is 1. The van der Waals surface area contributed by atoms with Crippen molar-refractivity contribution in [2.45, 2.75) is 13.0 Å². The van der Waals surface area contributed by atoms with Crippen LogP contribution in [0.15, 0.2) is 47.1 Å². The van der Waals surface area contributed by atoms with Crippen molar-refractivity contribution >= 4 is 27.3 Å². The van der Waals surface area contributed by atoms with Crippen molar-refractivity contribution in [3.63, 3.8) is 0 Å². The number of non-ortho nitro benzene ring substituents is 1. The van der Waals surface area contributed by atoms with Gasteiger partial charge in [0.2, 0.25) is 10.0 Å². The van der Waals surface area contributed by atoms with Crippen molar-refractivity contribution in [3.05, 3.63) is 75.7 Å². The number of hydrogen-bond donors (Lipinski definition) is 2. The van der Waals surface area contributed by atoms with Gasteiger partial charge in [0.15, 0.2) is 17.3 Å². The van der Waals surface area contributed by atoms with Gasteiger partial charge in [0.05, 0.1) is 23.3 Å². The minimum absolute atomic E-state index is 0.0222. The van der Waals surface area contributed by atoms with Crippen molar-refractivity contribution in [1.82, 2.24) is 10.3 Å². The Morgan fingerprint density at radius 2 is 1.91 bits per heavy atom. The van der Waals surface area contributed by atoms with Gasteiger partial charge < -0.3 is 14.5 Å². The molecule has 0 aliphatic heterocycles. The normalized spacial score (nSPS) is 12.1. The Morgan fingerprint density at radius 3 is 2.52 bits per heavy atom. The van der Waals surface area contributed by atoms with E-state index in [2.05, 4.69) is 10.3 Å². The summed E-state index contributed by atoms with van der Waals surface area (Å²) in [5.41, 5.74) is -1.25. The van der Waals surface area contributed by atoms with Crippen molar-refractivity contribution in [1.29, 1.82) is 0 Å². The molecule has 0 bridgehead atoms. The quantitative estimate of drug-likeness (QED) is 0.365. The molecule has 0 spiro atoms. The molecule has 0 aliphatic rings. The molecule has 0 radical (unpaired) electrons. The van der Waals surface area contributed by atoms with Crippen LogP contribution in [-0.2, 0) is 10.0 Å². The summed E-state index contributed by atoms with van der Waals surface area (Å²) < 4.78 is 62.9. The summed E-state index contributed by atoms with van der Waals surface area (Å²) in [5, 5.41) is 13.3. The number of anilines is 1. The predicted molar refractivity (Wildman–Crippen MR) is 110 cm³/mol. The fraction of sp³-hybridized carbons (Fsp3) is 0.158. The summed E-state index contributed by atoms with van der Waals surface area (Å²) in [4.78, 5) is 26.4. The van der Waals surface area contributed by atoms with Crippen molar-refractivity contribution < 1.29 is 36.1 Å². The summed E-state index contributed by atoms with van der Waals surface area (Å²) in [7, 11) is -3.90. The van der Waals surface area contributed by atoms with Crippen LogP contribution in [-0.4, -0.2) is 30.5 Å². The molecule has 0 saturated carbocycles.